The van der Waals surface area contributed by atoms with Gasteiger partial charge in [0.05, 0.1) is 11.3 Å². The van der Waals surface area contributed by atoms with Crippen LogP contribution in [-0.4, -0.2) is 20.0 Å². The summed E-state index contributed by atoms with van der Waals surface area (Å²) in [6.07, 6.45) is 0.919. The van der Waals surface area contributed by atoms with Crippen molar-refractivity contribution in [2.24, 2.45) is 11.0 Å². The number of benzene rings is 1. The van der Waals surface area contributed by atoms with E-state index in [1.54, 1.807) is 35.7 Å². The number of nitrogens with zero attached hydrogens (tertiary/aromatic N) is 1. The van der Waals surface area contributed by atoms with Crippen LogP contribution in [0.25, 0.3) is 0 Å². The number of hydrazone groups is 1. The summed E-state index contributed by atoms with van der Waals surface area (Å²) >= 11 is 1.11. The Kier molecular flexibility index (Phi) is 6.33. The van der Waals surface area contributed by atoms with E-state index in [1.165, 1.54) is 6.07 Å². The smallest absolute Gasteiger partial charge is 0.273 e. The molecule has 1 amide bonds. The monoisotopic (exact) mass is 379 g/mol. The fraction of sp³-hybridized carbons (Fsp3) is 0.294. The van der Waals surface area contributed by atoms with Crippen molar-refractivity contribution in [2.45, 2.75) is 31.4 Å². The number of hydrogen-bond acceptors (Lipinski definition) is 5. The van der Waals surface area contributed by atoms with Crippen molar-refractivity contribution in [2.75, 3.05) is 4.72 Å². The van der Waals surface area contributed by atoms with Crippen molar-refractivity contribution in [3.63, 3.8) is 0 Å². The summed E-state index contributed by atoms with van der Waals surface area (Å²) in [6.45, 7) is 5.91. The highest BCUT2D eigenvalue weighted by atomic mass is 32.2. The van der Waals surface area contributed by atoms with E-state index in [0.717, 1.165) is 23.5 Å². The zero-order valence-electron chi connectivity index (χ0n) is 14.3. The molecule has 0 fully saturated rings. The predicted octanol–water partition coefficient (Wildman–Crippen LogP) is 3.70. The highest BCUT2D eigenvalue weighted by Gasteiger charge is 2.19. The van der Waals surface area contributed by atoms with Crippen molar-refractivity contribution in [3.8, 4) is 0 Å². The Balaban J connectivity index is 2.22. The van der Waals surface area contributed by atoms with Gasteiger partial charge in [-0.15, -0.1) is 11.3 Å². The lowest BCUT2D eigenvalue weighted by molar-refractivity contribution is 0.0955. The zero-order valence-corrected chi connectivity index (χ0v) is 15.9. The third kappa shape index (κ3) is 4.90. The average molecular weight is 380 g/mol. The summed E-state index contributed by atoms with van der Waals surface area (Å²) in [6, 6.07) is 9.60. The van der Waals surface area contributed by atoms with Gasteiger partial charge in [0, 0.05) is 5.71 Å². The van der Waals surface area contributed by atoms with E-state index >= 15 is 0 Å². The lowest BCUT2D eigenvalue weighted by Gasteiger charge is -2.12. The third-order valence-electron chi connectivity index (χ3n) is 3.84. The molecule has 0 radical (unpaired) electrons. The summed E-state index contributed by atoms with van der Waals surface area (Å²) < 4.78 is 27.4. The number of anilines is 1. The standard InChI is InChI=1S/C17H21N3O3S2/c1-4-12(2)13(3)18-19-17(21)14-8-5-6-9-15(14)20-25(22,23)16-10-7-11-24-16/h5-12,20H,4H2,1-3H3,(H,19,21). The summed E-state index contributed by atoms with van der Waals surface area (Å²) in [5.41, 5.74) is 3.73. The molecule has 6 nitrogen and oxygen atoms in total. The molecule has 0 spiro atoms. The molecule has 0 aliphatic carbocycles. The minimum absolute atomic E-state index is 0.188. The van der Waals surface area contributed by atoms with Crippen molar-refractivity contribution < 1.29 is 13.2 Å². The number of rotatable bonds is 7. The normalized spacial score (nSPS) is 13.3. The molecule has 25 heavy (non-hydrogen) atoms. The molecule has 1 heterocycles. The molecule has 1 aromatic carbocycles. The maximum atomic E-state index is 12.4. The van der Waals surface area contributed by atoms with Crippen LogP contribution >= 0.6 is 11.3 Å². The molecule has 134 valence electrons. The van der Waals surface area contributed by atoms with Crippen LogP contribution in [0.3, 0.4) is 0 Å². The van der Waals surface area contributed by atoms with E-state index in [0.29, 0.717) is 0 Å². The number of carbonyl (C=O) groups is 1. The van der Waals surface area contributed by atoms with E-state index < -0.39 is 15.9 Å². The Labute approximate surface area is 152 Å². The Bertz CT molecular complexity index is 859. The van der Waals surface area contributed by atoms with Crippen LogP contribution in [0.1, 0.15) is 37.6 Å². The molecular formula is C17H21N3O3S2. The fourth-order valence-corrected chi connectivity index (χ4v) is 4.06. The van der Waals surface area contributed by atoms with E-state index in [2.05, 4.69) is 15.2 Å². The molecule has 1 atom stereocenters. The molecule has 0 aliphatic heterocycles. The summed E-state index contributed by atoms with van der Waals surface area (Å²) in [5.74, 6) is -0.208. The Morgan fingerprint density at radius 2 is 1.96 bits per heavy atom. The number of sulfonamides is 1. The zero-order chi connectivity index (χ0) is 18.4. The Morgan fingerprint density at radius 3 is 2.60 bits per heavy atom. The lowest BCUT2D eigenvalue weighted by Crippen LogP contribution is -2.23. The van der Waals surface area contributed by atoms with Gasteiger partial charge in [-0.2, -0.15) is 5.10 Å². The number of amides is 1. The van der Waals surface area contributed by atoms with Crippen LogP contribution in [0.2, 0.25) is 0 Å². The van der Waals surface area contributed by atoms with Crippen LogP contribution in [0.4, 0.5) is 5.69 Å². The molecule has 2 N–H and O–H groups in total. The van der Waals surface area contributed by atoms with Gasteiger partial charge in [-0.05, 0) is 42.8 Å². The molecule has 1 aromatic heterocycles. The van der Waals surface area contributed by atoms with E-state index in [4.69, 9.17) is 0 Å². The number of carbonyl (C=O) groups excluding carboxylic acids is 1. The summed E-state index contributed by atoms with van der Waals surface area (Å²) in [5, 5.41) is 5.78. The van der Waals surface area contributed by atoms with Crippen molar-refractivity contribution in [1.82, 2.24) is 5.43 Å². The van der Waals surface area contributed by atoms with Gasteiger partial charge in [0.25, 0.3) is 15.9 Å². The predicted molar refractivity (Wildman–Crippen MR) is 102 cm³/mol. The van der Waals surface area contributed by atoms with Gasteiger partial charge < -0.3 is 0 Å². The van der Waals surface area contributed by atoms with E-state index in [-0.39, 0.29) is 21.4 Å². The van der Waals surface area contributed by atoms with Gasteiger partial charge in [0.1, 0.15) is 4.21 Å². The molecule has 0 bridgehead atoms. The molecule has 0 saturated carbocycles. The first-order chi connectivity index (χ1) is 11.8. The van der Waals surface area contributed by atoms with Crippen LogP contribution in [-0.2, 0) is 10.0 Å². The van der Waals surface area contributed by atoms with Gasteiger partial charge in [0.15, 0.2) is 0 Å². The minimum atomic E-state index is -3.72. The molecule has 2 rings (SSSR count). The maximum Gasteiger partial charge on any atom is 0.273 e. The SMILES string of the molecule is CCC(C)C(C)=NNC(=O)c1ccccc1NS(=O)(=O)c1cccs1. The number of nitrogens with one attached hydrogen (secondary N) is 2. The van der Waals surface area contributed by atoms with Crippen LogP contribution in [0.15, 0.2) is 51.1 Å². The van der Waals surface area contributed by atoms with Crippen LogP contribution < -0.4 is 10.1 Å². The summed E-state index contributed by atoms with van der Waals surface area (Å²) in [4.78, 5) is 12.4. The van der Waals surface area contributed by atoms with Gasteiger partial charge in [0.2, 0.25) is 0 Å². The minimum Gasteiger partial charge on any atom is -0.278 e. The van der Waals surface area contributed by atoms with Crippen molar-refractivity contribution in [1.29, 1.82) is 0 Å². The molecule has 8 heteroatoms. The Hall–Kier alpha value is -2.19. The van der Waals surface area contributed by atoms with E-state index in [1.807, 2.05) is 20.8 Å². The molecule has 0 aliphatic rings. The van der Waals surface area contributed by atoms with Gasteiger partial charge in [-0.3, -0.25) is 9.52 Å². The topological polar surface area (TPSA) is 87.6 Å². The van der Waals surface area contributed by atoms with Gasteiger partial charge in [-0.1, -0.05) is 32.0 Å². The quantitative estimate of drug-likeness (QED) is 0.568. The highest BCUT2D eigenvalue weighted by Crippen LogP contribution is 2.22. The largest absolute Gasteiger partial charge is 0.278 e. The third-order valence-corrected chi connectivity index (χ3v) is 6.60. The molecule has 0 saturated heterocycles. The number of thiophene rings is 1. The van der Waals surface area contributed by atoms with Crippen molar-refractivity contribution in [3.05, 3.63) is 47.3 Å². The molecule has 1 unspecified atom stereocenters. The van der Waals surface area contributed by atoms with Crippen LogP contribution in [0.5, 0.6) is 0 Å². The molecule has 2 aromatic rings. The molecular weight excluding hydrogens is 358 g/mol. The van der Waals surface area contributed by atoms with Gasteiger partial charge >= 0.3 is 0 Å². The first kappa shape index (κ1) is 19.1. The highest BCUT2D eigenvalue weighted by molar-refractivity contribution is 7.94. The average Bonchev–Trinajstić information content (AvgIpc) is 3.14. The summed E-state index contributed by atoms with van der Waals surface area (Å²) in [7, 11) is -3.72. The number of hydrogen-bond donors (Lipinski definition) is 2. The second kappa shape index (κ2) is 8.26. The number of para-hydroxylation sites is 1. The van der Waals surface area contributed by atoms with Crippen LogP contribution in [0, 0.1) is 5.92 Å². The second-order valence-corrected chi connectivity index (χ2v) is 8.44. The second-order valence-electron chi connectivity index (χ2n) is 5.59. The van der Waals surface area contributed by atoms with E-state index in [9.17, 15) is 13.2 Å². The first-order valence-electron chi connectivity index (χ1n) is 7.85. The maximum absolute atomic E-state index is 12.4. The fourth-order valence-electron chi connectivity index (χ4n) is 1.99. The first-order valence-corrected chi connectivity index (χ1v) is 10.2. The lowest BCUT2D eigenvalue weighted by atomic mass is 10.1. The van der Waals surface area contributed by atoms with Crippen molar-refractivity contribution >= 4 is 38.7 Å². The van der Waals surface area contributed by atoms with Gasteiger partial charge in [-0.25, -0.2) is 13.8 Å². The Morgan fingerprint density at radius 1 is 1.24 bits per heavy atom.